The van der Waals surface area contributed by atoms with Crippen LogP contribution in [0.4, 0.5) is 5.69 Å². The van der Waals surface area contributed by atoms with Crippen molar-refractivity contribution in [3.05, 3.63) is 53.6 Å². The first kappa shape index (κ1) is 15.2. The Morgan fingerprint density at radius 3 is 2.83 bits per heavy atom. The lowest BCUT2D eigenvalue weighted by Gasteiger charge is -2.04. The number of imidazole rings is 1. The van der Waals surface area contributed by atoms with Gasteiger partial charge >= 0.3 is 0 Å². The van der Waals surface area contributed by atoms with Gasteiger partial charge in [-0.25, -0.2) is 9.97 Å². The number of rotatable bonds is 5. The number of carbonyl (C=O) groups excluding carboxylic acids is 1. The molecule has 1 amide bonds. The lowest BCUT2D eigenvalue weighted by molar-refractivity contribution is -0.120. The van der Waals surface area contributed by atoms with Gasteiger partial charge in [0.15, 0.2) is 0 Å². The number of amides is 1. The number of nitrogens with zero attached hydrogens (tertiary/aromatic N) is 3. The fourth-order valence-corrected chi connectivity index (χ4v) is 2.94. The molecule has 3 rings (SSSR count). The minimum atomic E-state index is -0.0674. The fraction of sp³-hybridized carbons (Fsp3) is 0.188. The summed E-state index contributed by atoms with van der Waals surface area (Å²) < 4.78 is 1.88. The SMILES string of the molecule is Cn1ccnc1CNC(=O)Cc1csc(-c2ccc(N)cc2)n1. The van der Waals surface area contributed by atoms with Gasteiger partial charge in [-0.3, -0.25) is 4.79 Å². The number of aromatic nitrogens is 3. The first-order chi connectivity index (χ1) is 11.1. The summed E-state index contributed by atoms with van der Waals surface area (Å²) in [6.45, 7) is 0.414. The van der Waals surface area contributed by atoms with Crippen LogP contribution in [-0.4, -0.2) is 20.4 Å². The molecular weight excluding hydrogens is 310 g/mol. The van der Waals surface area contributed by atoms with Crippen molar-refractivity contribution in [2.75, 3.05) is 5.73 Å². The molecule has 0 unspecified atom stereocenters. The summed E-state index contributed by atoms with van der Waals surface area (Å²) in [6.07, 6.45) is 3.82. The molecule has 0 aliphatic carbocycles. The van der Waals surface area contributed by atoms with Crippen LogP contribution in [0.2, 0.25) is 0 Å². The average molecular weight is 327 g/mol. The van der Waals surface area contributed by atoms with Crippen LogP contribution in [0.1, 0.15) is 11.5 Å². The molecule has 7 heteroatoms. The van der Waals surface area contributed by atoms with Crippen molar-refractivity contribution >= 4 is 22.9 Å². The smallest absolute Gasteiger partial charge is 0.226 e. The van der Waals surface area contributed by atoms with E-state index < -0.39 is 0 Å². The van der Waals surface area contributed by atoms with Gasteiger partial charge in [0.2, 0.25) is 5.91 Å². The molecule has 0 spiro atoms. The Kier molecular flexibility index (Phi) is 4.38. The van der Waals surface area contributed by atoms with Crippen LogP contribution in [-0.2, 0) is 24.8 Å². The third kappa shape index (κ3) is 3.75. The maximum atomic E-state index is 12.0. The molecular formula is C16H17N5OS. The molecule has 2 aromatic heterocycles. The molecule has 0 aliphatic rings. The number of aryl methyl sites for hydroxylation is 1. The van der Waals surface area contributed by atoms with E-state index in [1.807, 2.05) is 47.5 Å². The summed E-state index contributed by atoms with van der Waals surface area (Å²) >= 11 is 1.52. The van der Waals surface area contributed by atoms with Crippen LogP contribution in [0.15, 0.2) is 42.0 Å². The Balaban J connectivity index is 1.59. The van der Waals surface area contributed by atoms with Gasteiger partial charge in [0.05, 0.1) is 18.7 Å². The van der Waals surface area contributed by atoms with Crippen LogP contribution in [0, 0.1) is 0 Å². The summed E-state index contributed by atoms with van der Waals surface area (Å²) in [7, 11) is 1.90. The van der Waals surface area contributed by atoms with Crippen LogP contribution < -0.4 is 11.1 Å². The summed E-state index contributed by atoms with van der Waals surface area (Å²) in [4.78, 5) is 20.7. The highest BCUT2D eigenvalue weighted by molar-refractivity contribution is 7.13. The number of nitrogens with two attached hydrogens (primary N) is 1. The van der Waals surface area contributed by atoms with Crippen molar-refractivity contribution < 1.29 is 4.79 Å². The van der Waals surface area contributed by atoms with Crippen molar-refractivity contribution in [3.63, 3.8) is 0 Å². The lowest BCUT2D eigenvalue weighted by atomic mass is 10.2. The highest BCUT2D eigenvalue weighted by Gasteiger charge is 2.10. The molecule has 0 aliphatic heterocycles. The van der Waals surface area contributed by atoms with E-state index in [9.17, 15) is 4.79 Å². The normalized spacial score (nSPS) is 10.7. The Morgan fingerprint density at radius 1 is 1.35 bits per heavy atom. The second-order valence-corrected chi connectivity index (χ2v) is 6.03. The lowest BCUT2D eigenvalue weighted by Crippen LogP contribution is -2.26. The van der Waals surface area contributed by atoms with Crippen LogP contribution in [0.25, 0.3) is 10.6 Å². The van der Waals surface area contributed by atoms with Crippen LogP contribution in [0.3, 0.4) is 0 Å². The second kappa shape index (κ2) is 6.62. The van der Waals surface area contributed by atoms with E-state index >= 15 is 0 Å². The Labute approximate surface area is 138 Å². The number of nitrogens with one attached hydrogen (secondary N) is 1. The number of anilines is 1. The molecule has 1 aromatic carbocycles. The monoisotopic (exact) mass is 327 g/mol. The second-order valence-electron chi connectivity index (χ2n) is 5.17. The molecule has 3 aromatic rings. The van der Waals surface area contributed by atoms with Gasteiger partial charge in [-0.2, -0.15) is 0 Å². The zero-order chi connectivity index (χ0) is 16.2. The summed E-state index contributed by atoms with van der Waals surface area (Å²) in [5.41, 5.74) is 8.17. The molecule has 0 bridgehead atoms. The van der Waals surface area contributed by atoms with Crippen molar-refractivity contribution in [1.82, 2.24) is 19.9 Å². The molecule has 0 saturated heterocycles. The quantitative estimate of drug-likeness (QED) is 0.702. The van der Waals surface area contributed by atoms with E-state index in [1.165, 1.54) is 11.3 Å². The van der Waals surface area contributed by atoms with E-state index in [4.69, 9.17) is 5.73 Å². The molecule has 118 valence electrons. The molecule has 0 saturated carbocycles. The summed E-state index contributed by atoms with van der Waals surface area (Å²) in [6, 6.07) is 7.55. The first-order valence-corrected chi connectivity index (χ1v) is 8.03. The predicted octanol–water partition coefficient (Wildman–Crippen LogP) is 1.98. The number of carbonyl (C=O) groups is 1. The molecule has 6 nitrogen and oxygen atoms in total. The standard InChI is InChI=1S/C16H17N5OS/c1-21-7-6-18-14(21)9-19-15(22)8-13-10-23-16(20-13)11-2-4-12(17)5-3-11/h2-7,10H,8-9,17H2,1H3,(H,19,22). The third-order valence-corrected chi connectivity index (χ3v) is 4.36. The van der Waals surface area contributed by atoms with Crippen molar-refractivity contribution in [2.45, 2.75) is 13.0 Å². The van der Waals surface area contributed by atoms with Crippen molar-refractivity contribution in [2.24, 2.45) is 7.05 Å². The minimum absolute atomic E-state index is 0.0674. The maximum absolute atomic E-state index is 12.0. The average Bonchev–Trinajstić information content (AvgIpc) is 3.15. The van der Waals surface area contributed by atoms with E-state index in [0.29, 0.717) is 6.54 Å². The Bertz CT molecular complexity index is 806. The Morgan fingerprint density at radius 2 is 2.13 bits per heavy atom. The molecule has 0 atom stereocenters. The molecule has 2 heterocycles. The zero-order valence-corrected chi connectivity index (χ0v) is 13.5. The first-order valence-electron chi connectivity index (χ1n) is 7.15. The number of hydrogen-bond donors (Lipinski definition) is 2. The van der Waals surface area contributed by atoms with Gasteiger partial charge in [0.25, 0.3) is 0 Å². The minimum Gasteiger partial charge on any atom is -0.399 e. The van der Waals surface area contributed by atoms with Gasteiger partial charge in [0, 0.05) is 36.1 Å². The predicted molar refractivity (Wildman–Crippen MR) is 90.7 cm³/mol. The molecule has 23 heavy (non-hydrogen) atoms. The van der Waals surface area contributed by atoms with Gasteiger partial charge in [-0.05, 0) is 24.3 Å². The summed E-state index contributed by atoms with van der Waals surface area (Å²) in [5.74, 6) is 0.751. The molecule has 0 radical (unpaired) electrons. The topological polar surface area (TPSA) is 85.8 Å². The summed E-state index contributed by atoms with van der Waals surface area (Å²) in [5, 5.41) is 5.65. The van der Waals surface area contributed by atoms with E-state index in [1.54, 1.807) is 6.20 Å². The van der Waals surface area contributed by atoms with Gasteiger partial charge in [-0.1, -0.05) is 0 Å². The van der Waals surface area contributed by atoms with Crippen LogP contribution in [0.5, 0.6) is 0 Å². The molecule has 0 fully saturated rings. The highest BCUT2D eigenvalue weighted by Crippen LogP contribution is 2.24. The largest absolute Gasteiger partial charge is 0.399 e. The Hall–Kier alpha value is -2.67. The van der Waals surface area contributed by atoms with E-state index in [-0.39, 0.29) is 12.3 Å². The van der Waals surface area contributed by atoms with Gasteiger partial charge in [-0.15, -0.1) is 11.3 Å². The van der Waals surface area contributed by atoms with Crippen molar-refractivity contribution in [1.29, 1.82) is 0 Å². The van der Waals surface area contributed by atoms with Crippen molar-refractivity contribution in [3.8, 4) is 10.6 Å². The number of benzene rings is 1. The van der Waals surface area contributed by atoms with Gasteiger partial charge in [0.1, 0.15) is 10.8 Å². The van der Waals surface area contributed by atoms with Gasteiger partial charge < -0.3 is 15.6 Å². The van der Waals surface area contributed by atoms with Crippen LogP contribution >= 0.6 is 11.3 Å². The van der Waals surface area contributed by atoms with E-state index in [0.717, 1.165) is 27.8 Å². The third-order valence-electron chi connectivity index (χ3n) is 3.42. The maximum Gasteiger partial charge on any atom is 0.226 e. The zero-order valence-electron chi connectivity index (χ0n) is 12.7. The molecule has 3 N–H and O–H groups in total. The van der Waals surface area contributed by atoms with E-state index in [2.05, 4.69) is 15.3 Å². The number of nitrogen functional groups attached to an aromatic ring is 1. The number of hydrogen-bond acceptors (Lipinski definition) is 5. The fourth-order valence-electron chi connectivity index (χ4n) is 2.12. The number of thiazole rings is 1. The highest BCUT2D eigenvalue weighted by atomic mass is 32.1.